The Hall–Kier alpha value is -3.22. The summed E-state index contributed by atoms with van der Waals surface area (Å²) in [5.41, 5.74) is 2.53. The zero-order valence-corrected chi connectivity index (χ0v) is 18.8. The lowest BCUT2D eigenvalue weighted by Gasteiger charge is -2.31. The first kappa shape index (κ1) is 22.0. The van der Waals surface area contributed by atoms with Crippen molar-refractivity contribution >= 4 is 23.2 Å². The minimum atomic E-state index is -0.102. The van der Waals surface area contributed by atoms with Crippen LogP contribution < -0.4 is 19.7 Å². The molecule has 7 nitrogen and oxygen atoms in total. The number of hydrogen-bond acceptors (Lipinski definition) is 5. The summed E-state index contributed by atoms with van der Waals surface area (Å²) in [5.74, 6) is 1.02. The van der Waals surface area contributed by atoms with Gasteiger partial charge in [0.05, 0.1) is 14.2 Å². The highest BCUT2D eigenvalue weighted by molar-refractivity contribution is 5.96. The van der Waals surface area contributed by atoms with Gasteiger partial charge in [-0.25, -0.2) is 0 Å². The number of benzene rings is 2. The number of ether oxygens (including phenoxy) is 2. The van der Waals surface area contributed by atoms with Gasteiger partial charge in [0, 0.05) is 55.1 Å². The minimum absolute atomic E-state index is 0.0266. The van der Waals surface area contributed by atoms with E-state index in [2.05, 4.69) is 22.3 Å². The van der Waals surface area contributed by atoms with Crippen molar-refractivity contribution in [3.63, 3.8) is 0 Å². The fourth-order valence-corrected chi connectivity index (χ4v) is 4.46. The third-order valence-corrected chi connectivity index (χ3v) is 6.34. The van der Waals surface area contributed by atoms with Crippen LogP contribution in [0, 0.1) is 5.92 Å². The molecule has 170 valence electrons. The Labute approximate surface area is 189 Å². The van der Waals surface area contributed by atoms with Gasteiger partial charge >= 0.3 is 0 Å². The van der Waals surface area contributed by atoms with Crippen molar-refractivity contribution in [3.05, 3.63) is 48.0 Å². The molecule has 0 saturated carbocycles. The van der Waals surface area contributed by atoms with Gasteiger partial charge in [0.25, 0.3) is 5.91 Å². The van der Waals surface area contributed by atoms with E-state index in [0.29, 0.717) is 43.0 Å². The monoisotopic (exact) mass is 437 g/mol. The predicted molar refractivity (Wildman–Crippen MR) is 125 cm³/mol. The Bertz CT molecular complexity index is 941. The van der Waals surface area contributed by atoms with Gasteiger partial charge in [0.1, 0.15) is 11.5 Å². The van der Waals surface area contributed by atoms with Crippen LogP contribution in [0.5, 0.6) is 11.5 Å². The molecule has 2 saturated heterocycles. The summed E-state index contributed by atoms with van der Waals surface area (Å²) < 4.78 is 10.5. The number of rotatable bonds is 6. The van der Waals surface area contributed by atoms with Crippen LogP contribution in [0.2, 0.25) is 0 Å². The molecular weight excluding hydrogens is 406 g/mol. The second-order valence-corrected chi connectivity index (χ2v) is 8.40. The molecule has 0 aliphatic carbocycles. The lowest BCUT2D eigenvalue weighted by Crippen LogP contribution is -2.41. The first-order chi connectivity index (χ1) is 15.6. The molecule has 2 aromatic carbocycles. The smallest absolute Gasteiger partial charge is 0.254 e. The lowest BCUT2D eigenvalue weighted by molar-refractivity contribution is -0.121. The van der Waals surface area contributed by atoms with Gasteiger partial charge in [-0.3, -0.25) is 9.59 Å². The van der Waals surface area contributed by atoms with Gasteiger partial charge in [-0.1, -0.05) is 6.07 Å². The van der Waals surface area contributed by atoms with Crippen LogP contribution in [-0.4, -0.2) is 57.1 Å². The fraction of sp³-hybridized carbons (Fsp3) is 0.440. The molecular formula is C25H31N3O4. The van der Waals surface area contributed by atoms with Gasteiger partial charge in [0.15, 0.2) is 0 Å². The molecule has 0 aromatic heterocycles. The quantitative estimate of drug-likeness (QED) is 0.745. The van der Waals surface area contributed by atoms with E-state index >= 15 is 0 Å². The Balaban J connectivity index is 1.34. The van der Waals surface area contributed by atoms with Gasteiger partial charge in [-0.05, 0) is 56.0 Å². The molecule has 0 atom stereocenters. The summed E-state index contributed by atoms with van der Waals surface area (Å²) >= 11 is 0. The molecule has 7 heteroatoms. The third kappa shape index (κ3) is 4.98. The van der Waals surface area contributed by atoms with Crippen LogP contribution in [0.25, 0.3) is 0 Å². The van der Waals surface area contributed by atoms with Crippen molar-refractivity contribution in [2.45, 2.75) is 25.7 Å². The molecule has 0 unspecified atom stereocenters. The number of carbonyl (C=O) groups is 2. The fourth-order valence-electron chi connectivity index (χ4n) is 4.46. The van der Waals surface area contributed by atoms with E-state index in [9.17, 15) is 9.59 Å². The maximum Gasteiger partial charge on any atom is 0.254 e. The number of methoxy groups -OCH3 is 2. The van der Waals surface area contributed by atoms with E-state index in [4.69, 9.17) is 9.47 Å². The highest BCUT2D eigenvalue weighted by Crippen LogP contribution is 2.27. The van der Waals surface area contributed by atoms with Crippen LogP contribution in [-0.2, 0) is 4.79 Å². The maximum atomic E-state index is 13.0. The zero-order chi connectivity index (χ0) is 22.5. The predicted octanol–water partition coefficient (Wildman–Crippen LogP) is 3.79. The summed E-state index contributed by atoms with van der Waals surface area (Å²) in [7, 11) is 3.13. The maximum absolute atomic E-state index is 13.0. The molecule has 2 fully saturated rings. The number of anilines is 2. The first-order valence-corrected chi connectivity index (χ1v) is 11.3. The highest BCUT2D eigenvalue weighted by atomic mass is 16.5. The SMILES string of the molecule is COc1cc(OC)cc(C(=O)N2CCC(C(=O)Nc3cccc(N4CCCC4)c3)CC2)c1. The number of carbonyl (C=O) groups excluding carboxylic acids is 2. The molecule has 0 spiro atoms. The van der Waals surface area contributed by atoms with Crippen molar-refractivity contribution in [2.75, 3.05) is 50.6 Å². The van der Waals surface area contributed by atoms with Crippen molar-refractivity contribution < 1.29 is 19.1 Å². The van der Waals surface area contributed by atoms with Crippen LogP contribution in [0.15, 0.2) is 42.5 Å². The van der Waals surface area contributed by atoms with Crippen molar-refractivity contribution in [2.24, 2.45) is 5.92 Å². The summed E-state index contributed by atoms with van der Waals surface area (Å²) in [6, 6.07) is 13.3. The molecule has 2 amide bonds. The molecule has 2 aromatic rings. The van der Waals surface area contributed by atoms with Crippen LogP contribution >= 0.6 is 0 Å². The summed E-state index contributed by atoms with van der Waals surface area (Å²) in [6.07, 6.45) is 3.72. The molecule has 2 aliphatic rings. The standard InChI is InChI=1S/C25H31N3O4/c1-31-22-14-19(15-23(17-22)32-2)25(30)28-12-8-18(9-13-28)24(29)26-20-6-5-7-21(16-20)27-10-3-4-11-27/h5-7,14-18H,3-4,8-13H2,1-2H3,(H,26,29). The lowest BCUT2D eigenvalue weighted by atomic mass is 9.95. The third-order valence-electron chi connectivity index (χ3n) is 6.34. The molecule has 0 radical (unpaired) electrons. The van der Waals surface area contributed by atoms with E-state index < -0.39 is 0 Å². The molecule has 0 bridgehead atoms. The summed E-state index contributed by atoms with van der Waals surface area (Å²) in [5, 5.41) is 3.08. The van der Waals surface area contributed by atoms with E-state index in [0.717, 1.165) is 24.5 Å². The van der Waals surface area contributed by atoms with Crippen LogP contribution in [0.4, 0.5) is 11.4 Å². The van der Waals surface area contributed by atoms with E-state index in [-0.39, 0.29) is 17.7 Å². The van der Waals surface area contributed by atoms with Crippen LogP contribution in [0.3, 0.4) is 0 Å². The van der Waals surface area contributed by atoms with E-state index in [1.807, 2.05) is 12.1 Å². The number of hydrogen-bond donors (Lipinski definition) is 1. The number of piperidine rings is 1. The molecule has 2 heterocycles. The van der Waals surface area contributed by atoms with Gasteiger partial charge < -0.3 is 24.6 Å². The molecule has 32 heavy (non-hydrogen) atoms. The van der Waals surface area contributed by atoms with Crippen molar-refractivity contribution in [1.82, 2.24) is 4.90 Å². The summed E-state index contributed by atoms with van der Waals surface area (Å²) in [4.78, 5) is 30.0. The number of nitrogens with one attached hydrogen (secondary N) is 1. The van der Waals surface area contributed by atoms with Crippen LogP contribution in [0.1, 0.15) is 36.0 Å². The molecule has 1 N–H and O–H groups in total. The van der Waals surface area contributed by atoms with Gasteiger partial charge in [0.2, 0.25) is 5.91 Å². The number of amides is 2. The Morgan fingerprint density at radius 2 is 1.56 bits per heavy atom. The zero-order valence-electron chi connectivity index (χ0n) is 18.8. The Morgan fingerprint density at radius 1 is 0.906 bits per heavy atom. The van der Waals surface area contributed by atoms with Gasteiger partial charge in [-0.2, -0.15) is 0 Å². The topological polar surface area (TPSA) is 71.1 Å². The molecule has 2 aliphatic heterocycles. The largest absolute Gasteiger partial charge is 0.497 e. The van der Waals surface area contributed by atoms with E-state index in [1.54, 1.807) is 37.3 Å². The number of nitrogens with zero attached hydrogens (tertiary/aromatic N) is 2. The Kier molecular flexibility index (Phi) is 6.83. The summed E-state index contributed by atoms with van der Waals surface area (Å²) in [6.45, 7) is 3.24. The average Bonchev–Trinajstić information content (AvgIpc) is 3.38. The minimum Gasteiger partial charge on any atom is -0.497 e. The number of likely N-dealkylation sites (tertiary alicyclic amines) is 1. The van der Waals surface area contributed by atoms with E-state index in [1.165, 1.54) is 12.8 Å². The average molecular weight is 438 g/mol. The van der Waals surface area contributed by atoms with Crippen molar-refractivity contribution in [3.8, 4) is 11.5 Å². The molecule has 4 rings (SSSR count). The van der Waals surface area contributed by atoms with Crippen molar-refractivity contribution in [1.29, 1.82) is 0 Å². The highest BCUT2D eigenvalue weighted by Gasteiger charge is 2.28. The second-order valence-electron chi connectivity index (χ2n) is 8.40. The van der Waals surface area contributed by atoms with Gasteiger partial charge in [-0.15, -0.1) is 0 Å². The first-order valence-electron chi connectivity index (χ1n) is 11.3. The normalized spacial score (nSPS) is 16.7. The second kappa shape index (κ2) is 9.94. The Morgan fingerprint density at radius 3 is 2.19 bits per heavy atom.